The van der Waals surface area contributed by atoms with E-state index < -0.39 is 0 Å². The summed E-state index contributed by atoms with van der Waals surface area (Å²) in [6.45, 7) is 7.03. The van der Waals surface area contributed by atoms with Crippen molar-refractivity contribution in [3.05, 3.63) is 17.0 Å². The molecular formula is C14H22N4O2. The summed E-state index contributed by atoms with van der Waals surface area (Å²) < 4.78 is 1.74. The second-order valence-electron chi connectivity index (χ2n) is 5.37. The quantitative estimate of drug-likeness (QED) is 0.661. The molecule has 0 radical (unpaired) electrons. The highest BCUT2D eigenvalue weighted by atomic mass is 16.4. The van der Waals surface area contributed by atoms with Gasteiger partial charge in [0, 0.05) is 38.2 Å². The van der Waals surface area contributed by atoms with Crippen LogP contribution in [-0.4, -0.2) is 44.6 Å². The maximum absolute atomic E-state index is 12.7. The molecule has 1 atom stereocenters. The number of likely N-dealkylation sites (tertiary alicyclic amines) is 1. The molecule has 0 spiro atoms. The number of amides is 1. The highest BCUT2D eigenvalue weighted by Crippen LogP contribution is 2.21. The smallest absolute Gasteiger partial charge is 0.257 e. The molecule has 0 aromatic carbocycles. The first-order valence-corrected chi connectivity index (χ1v) is 6.99. The van der Waals surface area contributed by atoms with Gasteiger partial charge in [-0.3, -0.25) is 9.48 Å². The maximum Gasteiger partial charge on any atom is 0.257 e. The van der Waals surface area contributed by atoms with Crippen LogP contribution in [0.1, 0.15) is 41.5 Å². The minimum atomic E-state index is 0.0311. The molecule has 1 aromatic rings. The molecule has 2 rings (SSSR count). The average molecular weight is 278 g/mol. The van der Waals surface area contributed by atoms with Crippen molar-refractivity contribution in [2.45, 2.75) is 33.6 Å². The van der Waals surface area contributed by atoms with E-state index in [1.807, 2.05) is 32.7 Å². The van der Waals surface area contributed by atoms with Crippen LogP contribution in [-0.2, 0) is 7.05 Å². The standard InChI is InChI=1S/C14H22N4O2/c1-5-11-8-18(7-6-12(11)16-20)14(19)13-9(2)15-17(4)10(13)3/h11,20H,5-8H2,1-4H3. The third-order valence-corrected chi connectivity index (χ3v) is 4.18. The normalized spacial score (nSPS) is 21.5. The van der Waals surface area contributed by atoms with E-state index in [4.69, 9.17) is 5.21 Å². The van der Waals surface area contributed by atoms with Crippen LogP contribution in [0.4, 0.5) is 0 Å². The van der Waals surface area contributed by atoms with E-state index in [0.29, 0.717) is 25.1 Å². The zero-order chi connectivity index (χ0) is 14.9. The first-order valence-electron chi connectivity index (χ1n) is 6.99. The zero-order valence-corrected chi connectivity index (χ0v) is 12.6. The van der Waals surface area contributed by atoms with Gasteiger partial charge in [-0.05, 0) is 20.3 Å². The van der Waals surface area contributed by atoms with Gasteiger partial charge in [-0.2, -0.15) is 5.10 Å². The van der Waals surface area contributed by atoms with E-state index in [1.54, 1.807) is 4.68 Å². The van der Waals surface area contributed by atoms with Crippen LogP contribution in [0.25, 0.3) is 0 Å². The number of carbonyl (C=O) groups is 1. The van der Waals surface area contributed by atoms with Crippen LogP contribution in [0.5, 0.6) is 0 Å². The molecule has 6 nitrogen and oxygen atoms in total. The van der Waals surface area contributed by atoms with E-state index in [1.165, 1.54) is 0 Å². The summed E-state index contributed by atoms with van der Waals surface area (Å²) >= 11 is 0. The van der Waals surface area contributed by atoms with Gasteiger partial charge < -0.3 is 10.1 Å². The van der Waals surface area contributed by atoms with Gasteiger partial charge in [-0.1, -0.05) is 12.1 Å². The summed E-state index contributed by atoms with van der Waals surface area (Å²) in [7, 11) is 1.85. The minimum absolute atomic E-state index is 0.0311. The first-order chi connectivity index (χ1) is 9.49. The van der Waals surface area contributed by atoms with Gasteiger partial charge in [0.2, 0.25) is 0 Å². The molecule has 1 aliphatic heterocycles. The lowest BCUT2D eigenvalue weighted by molar-refractivity contribution is 0.0727. The number of carbonyl (C=O) groups excluding carboxylic acids is 1. The van der Waals surface area contributed by atoms with E-state index in [2.05, 4.69) is 10.3 Å². The fourth-order valence-corrected chi connectivity index (χ4v) is 2.84. The van der Waals surface area contributed by atoms with Crippen molar-refractivity contribution in [2.75, 3.05) is 13.1 Å². The van der Waals surface area contributed by atoms with Crippen LogP contribution >= 0.6 is 0 Å². The van der Waals surface area contributed by atoms with Crippen molar-refractivity contribution in [3.8, 4) is 0 Å². The Balaban J connectivity index is 2.22. The number of nitrogens with zero attached hydrogens (tertiary/aromatic N) is 4. The SMILES string of the molecule is CCC1CN(C(=O)c2c(C)nn(C)c2C)CCC1=NO. The number of aryl methyl sites for hydroxylation is 2. The lowest BCUT2D eigenvalue weighted by Gasteiger charge is -2.33. The molecule has 1 aliphatic rings. The van der Waals surface area contributed by atoms with Gasteiger partial charge in [-0.15, -0.1) is 0 Å². The Morgan fingerprint density at radius 1 is 1.50 bits per heavy atom. The lowest BCUT2D eigenvalue weighted by Crippen LogP contribution is -2.44. The Bertz CT molecular complexity index is 548. The van der Waals surface area contributed by atoms with Crippen LogP contribution in [0.3, 0.4) is 0 Å². The highest BCUT2D eigenvalue weighted by Gasteiger charge is 2.30. The van der Waals surface area contributed by atoms with Crippen molar-refractivity contribution in [1.82, 2.24) is 14.7 Å². The second kappa shape index (κ2) is 5.64. The zero-order valence-electron chi connectivity index (χ0n) is 12.6. The number of aromatic nitrogens is 2. The second-order valence-corrected chi connectivity index (χ2v) is 5.37. The number of oxime groups is 1. The predicted molar refractivity (Wildman–Crippen MR) is 76.2 cm³/mol. The van der Waals surface area contributed by atoms with Crippen molar-refractivity contribution in [2.24, 2.45) is 18.1 Å². The fourth-order valence-electron chi connectivity index (χ4n) is 2.84. The van der Waals surface area contributed by atoms with Gasteiger partial charge in [0.05, 0.1) is 17.0 Å². The number of hydrogen-bond acceptors (Lipinski definition) is 4. The molecule has 110 valence electrons. The van der Waals surface area contributed by atoms with Gasteiger partial charge in [-0.25, -0.2) is 0 Å². The van der Waals surface area contributed by atoms with Gasteiger partial charge in [0.25, 0.3) is 5.91 Å². The molecule has 2 heterocycles. The molecule has 1 fully saturated rings. The molecule has 0 aliphatic carbocycles. The van der Waals surface area contributed by atoms with Crippen LogP contribution in [0.15, 0.2) is 5.16 Å². The molecular weight excluding hydrogens is 256 g/mol. The highest BCUT2D eigenvalue weighted by molar-refractivity contribution is 5.98. The number of piperidine rings is 1. The third kappa shape index (κ3) is 2.42. The fraction of sp³-hybridized carbons (Fsp3) is 0.643. The van der Waals surface area contributed by atoms with Crippen molar-refractivity contribution >= 4 is 11.6 Å². The monoisotopic (exact) mass is 278 g/mol. The Morgan fingerprint density at radius 3 is 2.70 bits per heavy atom. The number of rotatable bonds is 2. The summed E-state index contributed by atoms with van der Waals surface area (Å²) in [5.41, 5.74) is 3.16. The van der Waals surface area contributed by atoms with Crippen molar-refractivity contribution < 1.29 is 10.0 Å². The van der Waals surface area contributed by atoms with E-state index >= 15 is 0 Å². The number of hydrogen-bond donors (Lipinski definition) is 1. The van der Waals surface area contributed by atoms with Gasteiger partial charge in [0.1, 0.15) is 0 Å². The molecule has 0 bridgehead atoms. The van der Waals surface area contributed by atoms with Crippen molar-refractivity contribution in [3.63, 3.8) is 0 Å². The molecule has 1 N–H and O–H groups in total. The lowest BCUT2D eigenvalue weighted by atomic mass is 9.92. The van der Waals surface area contributed by atoms with Crippen molar-refractivity contribution in [1.29, 1.82) is 0 Å². The Hall–Kier alpha value is -1.85. The van der Waals surface area contributed by atoms with Crippen LogP contribution < -0.4 is 0 Å². The van der Waals surface area contributed by atoms with Gasteiger partial charge >= 0.3 is 0 Å². The summed E-state index contributed by atoms with van der Waals surface area (Å²) in [5.74, 6) is 0.179. The molecule has 1 aromatic heterocycles. The van der Waals surface area contributed by atoms with Gasteiger partial charge in [0.15, 0.2) is 0 Å². The Kier molecular flexibility index (Phi) is 4.11. The van der Waals surface area contributed by atoms with E-state index in [9.17, 15) is 4.79 Å². The molecule has 0 saturated carbocycles. The largest absolute Gasteiger partial charge is 0.411 e. The maximum atomic E-state index is 12.7. The topological polar surface area (TPSA) is 70.7 Å². The Morgan fingerprint density at radius 2 is 2.20 bits per heavy atom. The average Bonchev–Trinajstić information content (AvgIpc) is 2.70. The third-order valence-electron chi connectivity index (χ3n) is 4.18. The minimum Gasteiger partial charge on any atom is -0.411 e. The molecule has 6 heteroatoms. The van der Waals surface area contributed by atoms with Crippen LogP contribution in [0.2, 0.25) is 0 Å². The summed E-state index contributed by atoms with van der Waals surface area (Å²) in [6.07, 6.45) is 1.51. The molecule has 1 amide bonds. The summed E-state index contributed by atoms with van der Waals surface area (Å²) in [4.78, 5) is 14.5. The summed E-state index contributed by atoms with van der Waals surface area (Å²) in [5, 5.41) is 16.7. The van der Waals surface area contributed by atoms with Crippen LogP contribution in [0, 0.1) is 19.8 Å². The molecule has 20 heavy (non-hydrogen) atoms. The Labute approximate surface area is 119 Å². The molecule has 1 unspecified atom stereocenters. The predicted octanol–water partition coefficient (Wildman–Crippen LogP) is 1.74. The molecule has 1 saturated heterocycles. The van der Waals surface area contributed by atoms with E-state index in [-0.39, 0.29) is 11.8 Å². The summed E-state index contributed by atoms with van der Waals surface area (Å²) in [6, 6.07) is 0. The van der Waals surface area contributed by atoms with E-state index in [0.717, 1.165) is 23.5 Å². The first kappa shape index (κ1) is 14.6.